The highest BCUT2D eigenvalue weighted by Gasteiger charge is 2.19. The van der Waals surface area contributed by atoms with E-state index in [4.69, 9.17) is 0 Å². The van der Waals surface area contributed by atoms with Gasteiger partial charge in [0.2, 0.25) is 0 Å². The fraction of sp³-hybridized carbons (Fsp3) is 0.263. The first-order valence-corrected chi connectivity index (χ1v) is 11.2. The second kappa shape index (κ2) is 7.53. The molecule has 0 spiro atoms. The number of carbonyl (C=O) groups excluding carboxylic acids is 1. The molecule has 4 heterocycles. The summed E-state index contributed by atoms with van der Waals surface area (Å²) in [7, 11) is 0. The third kappa shape index (κ3) is 3.44. The summed E-state index contributed by atoms with van der Waals surface area (Å²) in [6, 6.07) is 4.09. The average Bonchev–Trinajstić information content (AvgIpc) is 3.38. The minimum absolute atomic E-state index is 0.105. The maximum atomic E-state index is 12.9. The lowest BCUT2D eigenvalue weighted by atomic mass is 10.2. The first-order valence-electron chi connectivity index (χ1n) is 8.56. The lowest BCUT2D eigenvalue weighted by molar-refractivity contribution is 0.102. The van der Waals surface area contributed by atoms with Crippen LogP contribution in [0.5, 0.6) is 0 Å². The molecule has 5 nitrogen and oxygen atoms in total. The van der Waals surface area contributed by atoms with Crippen LogP contribution in [0.1, 0.15) is 33.5 Å². The standard InChI is InChI=1S/C19H18N4OS3/c1-4-13-8-15-17(21-10-22-18(15)27-13)26-9-16(24)14-7-11(2)23(12(14)3)19-20-5-6-25-19/h5-8,10H,4,9H2,1-3H3. The van der Waals surface area contributed by atoms with Gasteiger partial charge in [0, 0.05) is 38.8 Å². The van der Waals surface area contributed by atoms with Crippen molar-refractivity contribution in [1.29, 1.82) is 0 Å². The minimum atomic E-state index is 0.105. The van der Waals surface area contributed by atoms with Crippen molar-refractivity contribution >= 4 is 50.4 Å². The first-order chi connectivity index (χ1) is 13.1. The van der Waals surface area contributed by atoms with Crippen molar-refractivity contribution in [1.82, 2.24) is 19.5 Å². The van der Waals surface area contributed by atoms with Crippen LogP contribution in [0, 0.1) is 13.8 Å². The molecule has 0 aromatic carbocycles. The van der Waals surface area contributed by atoms with Crippen molar-refractivity contribution in [2.24, 2.45) is 0 Å². The summed E-state index contributed by atoms with van der Waals surface area (Å²) in [5.41, 5.74) is 2.70. The van der Waals surface area contributed by atoms with E-state index in [0.717, 1.165) is 43.7 Å². The Labute approximate surface area is 169 Å². The summed E-state index contributed by atoms with van der Waals surface area (Å²) < 4.78 is 2.04. The third-order valence-electron chi connectivity index (χ3n) is 4.37. The number of thiophene rings is 1. The summed E-state index contributed by atoms with van der Waals surface area (Å²) in [5.74, 6) is 0.458. The number of hydrogen-bond donors (Lipinski definition) is 0. The molecule has 0 saturated heterocycles. The predicted octanol–water partition coefficient (Wildman–Crippen LogP) is 5.09. The number of rotatable bonds is 6. The van der Waals surface area contributed by atoms with Crippen molar-refractivity contribution in [2.45, 2.75) is 32.2 Å². The summed E-state index contributed by atoms with van der Waals surface area (Å²) in [4.78, 5) is 28.3. The molecule has 0 aliphatic carbocycles. The first kappa shape index (κ1) is 18.3. The van der Waals surface area contributed by atoms with E-state index in [0.29, 0.717) is 5.75 Å². The molecule has 0 amide bonds. The highest BCUT2D eigenvalue weighted by molar-refractivity contribution is 8.00. The molecule has 138 valence electrons. The van der Waals surface area contributed by atoms with Gasteiger partial charge in [-0.1, -0.05) is 18.7 Å². The number of Topliss-reactive ketones (excluding diaryl/α,β-unsaturated/α-hetero) is 1. The molecule has 0 fully saturated rings. The molecule has 4 rings (SSSR count). The molecule has 0 radical (unpaired) electrons. The van der Waals surface area contributed by atoms with Crippen LogP contribution in [0.3, 0.4) is 0 Å². The Bertz CT molecular complexity index is 1110. The van der Waals surface area contributed by atoms with Crippen LogP contribution in [-0.4, -0.2) is 31.1 Å². The number of carbonyl (C=O) groups is 1. The molecule has 4 aromatic rings. The van der Waals surface area contributed by atoms with Gasteiger partial charge in [-0.2, -0.15) is 0 Å². The summed E-state index contributed by atoms with van der Waals surface area (Å²) in [6.07, 6.45) is 4.34. The number of hydrogen-bond acceptors (Lipinski definition) is 7. The van der Waals surface area contributed by atoms with Crippen molar-refractivity contribution < 1.29 is 4.79 Å². The monoisotopic (exact) mass is 414 g/mol. The van der Waals surface area contributed by atoms with Gasteiger partial charge in [-0.15, -0.1) is 22.7 Å². The highest BCUT2D eigenvalue weighted by atomic mass is 32.2. The fourth-order valence-corrected chi connectivity index (χ4v) is 5.66. The Hall–Kier alpha value is -2.03. The second-order valence-electron chi connectivity index (χ2n) is 6.11. The van der Waals surface area contributed by atoms with Gasteiger partial charge in [0.15, 0.2) is 10.9 Å². The Morgan fingerprint density at radius 2 is 2.07 bits per heavy atom. The summed E-state index contributed by atoms with van der Waals surface area (Å²) >= 11 is 4.74. The highest BCUT2D eigenvalue weighted by Crippen LogP contribution is 2.32. The molecule has 0 N–H and O–H groups in total. The number of ketones is 1. The fourth-order valence-electron chi connectivity index (χ4n) is 3.05. The van der Waals surface area contributed by atoms with Crippen LogP contribution in [0.15, 0.2) is 35.1 Å². The average molecular weight is 415 g/mol. The van der Waals surface area contributed by atoms with Gasteiger partial charge in [-0.3, -0.25) is 9.36 Å². The number of nitrogens with zero attached hydrogens (tertiary/aromatic N) is 4. The van der Waals surface area contributed by atoms with Crippen LogP contribution in [0.2, 0.25) is 0 Å². The van der Waals surface area contributed by atoms with Crippen molar-refractivity contribution in [3.8, 4) is 5.13 Å². The zero-order chi connectivity index (χ0) is 19.0. The van der Waals surface area contributed by atoms with Gasteiger partial charge >= 0.3 is 0 Å². The van der Waals surface area contributed by atoms with Crippen LogP contribution in [-0.2, 0) is 6.42 Å². The minimum Gasteiger partial charge on any atom is -0.294 e. The Kier molecular flexibility index (Phi) is 5.12. The van der Waals surface area contributed by atoms with E-state index in [9.17, 15) is 4.79 Å². The molecule has 0 saturated carbocycles. The van der Waals surface area contributed by atoms with Gasteiger partial charge in [-0.05, 0) is 32.4 Å². The second-order valence-corrected chi connectivity index (χ2v) is 9.06. The molecule has 8 heteroatoms. The van der Waals surface area contributed by atoms with E-state index in [-0.39, 0.29) is 5.78 Å². The zero-order valence-electron chi connectivity index (χ0n) is 15.2. The van der Waals surface area contributed by atoms with Crippen LogP contribution in [0.25, 0.3) is 15.3 Å². The summed E-state index contributed by atoms with van der Waals surface area (Å²) in [5, 5.41) is 4.75. The van der Waals surface area contributed by atoms with E-state index >= 15 is 0 Å². The zero-order valence-corrected chi connectivity index (χ0v) is 17.7. The SMILES string of the molecule is CCc1cc2c(SCC(=O)c3cc(C)n(-c4nccs4)c3C)ncnc2s1. The molecule has 0 unspecified atom stereocenters. The maximum Gasteiger partial charge on any atom is 0.193 e. The topological polar surface area (TPSA) is 60.7 Å². The van der Waals surface area contributed by atoms with E-state index < -0.39 is 0 Å². The molecular weight excluding hydrogens is 396 g/mol. The number of aryl methyl sites for hydroxylation is 2. The Morgan fingerprint density at radius 3 is 2.81 bits per heavy atom. The molecule has 27 heavy (non-hydrogen) atoms. The van der Waals surface area contributed by atoms with Crippen LogP contribution in [0.4, 0.5) is 0 Å². The largest absolute Gasteiger partial charge is 0.294 e. The number of thiazole rings is 1. The Balaban J connectivity index is 1.57. The van der Waals surface area contributed by atoms with Crippen LogP contribution >= 0.6 is 34.4 Å². The smallest absolute Gasteiger partial charge is 0.193 e. The molecule has 4 aromatic heterocycles. The molecule has 0 bridgehead atoms. The van der Waals surface area contributed by atoms with E-state index in [1.54, 1.807) is 35.2 Å². The van der Waals surface area contributed by atoms with Crippen molar-refractivity contribution in [3.63, 3.8) is 0 Å². The normalized spacial score (nSPS) is 11.4. The predicted molar refractivity (Wildman–Crippen MR) is 113 cm³/mol. The lowest BCUT2D eigenvalue weighted by Crippen LogP contribution is -2.05. The number of fused-ring (bicyclic) bond motifs is 1. The number of thioether (sulfide) groups is 1. The van der Waals surface area contributed by atoms with Gasteiger partial charge in [0.1, 0.15) is 16.2 Å². The van der Waals surface area contributed by atoms with E-state index in [2.05, 4.69) is 27.9 Å². The molecule has 0 aliphatic rings. The van der Waals surface area contributed by atoms with E-state index in [1.165, 1.54) is 16.6 Å². The Morgan fingerprint density at radius 1 is 1.22 bits per heavy atom. The van der Waals surface area contributed by atoms with Gasteiger partial charge < -0.3 is 0 Å². The van der Waals surface area contributed by atoms with E-state index in [1.807, 2.05) is 29.9 Å². The lowest BCUT2D eigenvalue weighted by Gasteiger charge is -2.05. The summed E-state index contributed by atoms with van der Waals surface area (Å²) in [6.45, 7) is 6.11. The van der Waals surface area contributed by atoms with Crippen LogP contribution < -0.4 is 0 Å². The third-order valence-corrected chi connectivity index (χ3v) is 7.32. The van der Waals surface area contributed by atoms with Crippen molar-refractivity contribution in [2.75, 3.05) is 5.75 Å². The number of aromatic nitrogens is 4. The van der Waals surface area contributed by atoms with Gasteiger partial charge in [0.05, 0.1) is 5.75 Å². The molecule has 0 aliphatic heterocycles. The van der Waals surface area contributed by atoms with Gasteiger partial charge in [-0.25, -0.2) is 15.0 Å². The quantitative estimate of drug-likeness (QED) is 0.250. The maximum absolute atomic E-state index is 12.9. The van der Waals surface area contributed by atoms with Crippen molar-refractivity contribution in [3.05, 3.63) is 51.9 Å². The van der Waals surface area contributed by atoms with Gasteiger partial charge in [0.25, 0.3) is 0 Å². The molecular formula is C19H18N4OS3. The molecule has 0 atom stereocenters.